The van der Waals surface area contributed by atoms with Crippen molar-refractivity contribution < 1.29 is 18.8 Å². The van der Waals surface area contributed by atoms with Gasteiger partial charge in [0.2, 0.25) is 0 Å². The molecular formula is C14H20BNO4. The van der Waals surface area contributed by atoms with Gasteiger partial charge in [-0.1, -0.05) is 0 Å². The van der Waals surface area contributed by atoms with E-state index in [4.69, 9.17) is 14.0 Å². The van der Waals surface area contributed by atoms with Crippen LogP contribution in [0.15, 0.2) is 12.1 Å². The van der Waals surface area contributed by atoms with Crippen LogP contribution in [0.1, 0.15) is 43.9 Å². The molecule has 0 saturated carbocycles. The minimum absolute atomic E-state index is 0.261. The second kappa shape index (κ2) is 4.86. The van der Waals surface area contributed by atoms with Crippen LogP contribution in [0.3, 0.4) is 0 Å². The topological polar surface area (TPSA) is 57.7 Å². The normalized spacial score (nSPS) is 20.0. The van der Waals surface area contributed by atoms with E-state index in [0.29, 0.717) is 0 Å². The fourth-order valence-electron chi connectivity index (χ4n) is 2.02. The lowest BCUT2D eigenvalue weighted by atomic mass is 9.79. The average molecular weight is 277 g/mol. The molecule has 1 aliphatic heterocycles. The number of esters is 1. The summed E-state index contributed by atoms with van der Waals surface area (Å²) in [5, 5.41) is 0. The Kier molecular flexibility index (Phi) is 3.65. The number of rotatable bonds is 2. The quantitative estimate of drug-likeness (QED) is 0.605. The lowest BCUT2D eigenvalue weighted by Gasteiger charge is -2.32. The van der Waals surface area contributed by atoms with Gasteiger partial charge in [0.15, 0.2) is 0 Å². The second-order valence-corrected chi connectivity index (χ2v) is 6.01. The summed E-state index contributed by atoms with van der Waals surface area (Å²) in [5.41, 5.74) is 0.923. The molecule has 0 aromatic carbocycles. The summed E-state index contributed by atoms with van der Waals surface area (Å²) in [6.45, 7) is 9.77. The first-order valence-corrected chi connectivity index (χ1v) is 6.59. The third kappa shape index (κ3) is 2.58. The number of carbonyl (C=O) groups excluding carboxylic acids is 1. The summed E-state index contributed by atoms with van der Waals surface area (Å²) in [4.78, 5) is 15.8. The lowest BCUT2D eigenvalue weighted by molar-refractivity contribution is 0.00578. The molecule has 0 amide bonds. The van der Waals surface area contributed by atoms with Crippen LogP contribution < -0.4 is 5.46 Å². The maximum absolute atomic E-state index is 11.6. The van der Waals surface area contributed by atoms with Gasteiger partial charge in [-0.3, -0.25) is 0 Å². The predicted octanol–water partition coefficient (Wildman–Crippen LogP) is 1.48. The zero-order chi connectivity index (χ0) is 15.1. The number of nitrogens with zero attached hydrogens (tertiary/aromatic N) is 1. The number of hydrogen-bond donors (Lipinski definition) is 0. The van der Waals surface area contributed by atoms with Crippen LogP contribution in [0.4, 0.5) is 0 Å². The third-order valence-corrected chi connectivity index (χ3v) is 3.90. The first-order valence-electron chi connectivity index (χ1n) is 6.59. The lowest BCUT2D eigenvalue weighted by Crippen LogP contribution is -2.41. The Morgan fingerprint density at radius 3 is 2.25 bits per heavy atom. The van der Waals surface area contributed by atoms with Crippen LogP contribution in [-0.4, -0.2) is 36.4 Å². The zero-order valence-corrected chi connectivity index (χ0v) is 12.8. The summed E-state index contributed by atoms with van der Waals surface area (Å²) in [6.07, 6.45) is 0. The average Bonchev–Trinajstić information content (AvgIpc) is 2.57. The van der Waals surface area contributed by atoms with Gasteiger partial charge in [-0.25, -0.2) is 9.78 Å². The van der Waals surface area contributed by atoms with Gasteiger partial charge in [0.05, 0.1) is 18.3 Å². The molecule has 1 fully saturated rings. The van der Waals surface area contributed by atoms with Crippen LogP contribution >= 0.6 is 0 Å². The van der Waals surface area contributed by atoms with E-state index in [0.717, 1.165) is 11.2 Å². The molecule has 1 saturated heterocycles. The molecule has 20 heavy (non-hydrogen) atoms. The standard InChI is InChI=1S/C14H20BNO4/c1-9-7-10(8-11(16-9)12(17)18-6)15-19-13(2,3)14(4,5)20-15/h7-8H,1-6H3. The molecular weight excluding hydrogens is 257 g/mol. The van der Waals surface area contributed by atoms with Crippen LogP contribution in [0.2, 0.25) is 0 Å². The highest BCUT2D eigenvalue weighted by Crippen LogP contribution is 2.36. The van der Waals surface area contributed by atoms with Gasteiger partial charge >= 0.3 is 13.1 Å². The Balaban J connectivity index is 2.35. The summed E-state index contributed by atoms with van der Waals surface area (Å²) >= 11 is 0. The van der Waals surface area contributed by atoms with E-state index in [1.54, 1.807) is 6.07 Å². The molecule has 1 aromatic rings. The van der Waals surface area contributed by atoms with Crippen LogP contribution in [0.5, 0.6) is 0 Å². The van der Waals surface area contributed by atoms with Crippen molar-refractivity contribution in [2.75, 3.05) is 7.11 Å². The van der Waals surface area contributed by atoms with Gasteiger partial charge in [0, 0.05) is 5.69 Å². The van der Waals surface area contributed by atoms with E-state index < -0.39 is 24.3 Å². The van der Waals surface area contributed by atoms with Gasteiger partial charge in [-0.05, 0) is 52.2 Å². The Hall–Kier alpha value is -1.40. The van der Waals surface area contributed by atoms with E-state index in [9.17, 15) is 4.79 Å². The molecule has 0 atom stereocenters. The number of aryl methyl sites for hydroxylation is 1. The fraction of sp³-hybridized carbons (Fsp3) is 0.571. The summed E-state index contributed by atoms with van der Waals surface area (Å²) in [5.74, 6) is -0.466. The van der Waals surface area contributed by atoms with Crippen molar-refractivity contribution in [3.63, 3.8) is 0 Å². The van der Waals surface area contributed by atoms with Gasteiger partial charge in [-0.15, -0.1) is 0 Å². The largest absolute Gasteiger partial charge is 0.494 e. The highest BCUT2D eigenvalue weighted by Gasteiger charge is 2.51. The van der Waals surface area contributed by atoms with Crippen molar-refractivity contribution in [2.45, 2.75) is 45.8 Å². The van der Waals surface area contributed by atoms with Gasteiger partial charge in [0.1, 0.15) is 5.69 Å². The molecule has 1 aromatic heterocycles. The van der Waals surface area contributed by atoms with Crippen LogP contribution in [-0.2, 0) is 14.0 Å². The van der Waals surface area contributed by atoms with E-state index in [2.05, 4.69) is 4.98 Å². The number of carbonyl (C=O) groups is 1. The van der Waals surface area contributed by atoms with Crippen molar-refractivity contribution in [1.29, 1.82) is 0 Å². The highest BCUT2D eigenvalue weighted by atomic mass is 16.7. The Morgan fingerprint density at radius 2 is 1.75 bits per heavy atom. The summed E-state index contributed by atoms with van der Waals surface area (Å²) < 4.78 is 16.7. The zero-order valence-electron chi connectivity index (χ0n) is 12.8. The molecule has 1 aliphatic rings. The maximum atomic E-state index is 11.6. The smallest absolute Gasteiger partial charge is 0.464 e. The van der Waals surface area contributed by atoms with Crippen molar-refractivity contribution in [3.05, 3.63) is 23.5 Å². The van der Waals surface area contributed by atoms with Crippen molar-refractivity contribution in [3.8, 4) is 0 Å². The first kappa shape index (κ1) is 15.0. The van der Waals surface area contributed by atoms with Gasteiger partial charge in [-0.2, -0.15) is 0 Å². The number of methoxy groups -OCH3 is 1. The molecule has 0 spiro atoms. The second-order valence-electron chi connectivity index (χ2n) is 6.01. The van der Waals surface area contributed by atoms with Crippen molar-refractivity contribution >= 4 is 18.6 Å². The Labute approximate surface area is 119 Å². The molecule has 2 heterocycles. The number of hydrogen-bond acceptors (Lipinski definition) is 5. The Morgan fingerprint density at radius 1 is 1.20 bits per heavy atom. The molecule has 6 heteroatoms. The molecule has 0 radical (unpaired) electrons. The van der Waals surface area contributed by atoms with E-state index in [-0.39, 0.29) is 5.69 Å². The van der Waals surface area contributed by atoms with E-state index in [1.165, 1.54) is 7.11 Å². The molecule has 0 unspecified atom stereocenters. The van der Waals surface area contributed by atoms with Crippen molar-refractivity contribution in [1.82, 2.24) is 4.98 Å². The minimum Gasteiger partial charge on any atom is -0.464 e. The minimum atomic E-state index is -0.509. The van der Waals surface area contributed by atoms with Crippen molar-refractivity contribution in [2.24, 2.45) is 0 Å². The monoisotopic (exact) mass is 277 g/mol. The maximum Gasteiger partial charge on any atom is 0.494 e. The number of ether oxygens (including phenoxy) is 1. The molecule has 0 bridgehead atoms. The first-order chi connectivity index (χ1) is 9.16. The van der Waals surface area contributed by atoms with Gasteiger partial charge in [0.25, 0.3) is 0 Å². The summed E-state index contributed by atoms with van der Waals surface area (Å²) in [7, 11) is 0.825. The molecule has 5 nitrogen and oxygen atoms in total. The molecule has 108 valence electrons. The van der Waals surface area contributed by atoms with E-state index >= 15 is 0 Å². The number of pyridine rings is 1. The number of aromatic nitrogens is 1. The van der Waals surface area contributed by atoms with Gasteiger partial charge < -0.3 is 14.0 Å². The molecule has 0 aliphatic carbocycles. The highest BCUT2D eigenvalue weighted by molar-refractivity contribution is 6.62. The van der Waals surface area contributed by atoms with Crippen LogP contribution in [0.25, 0.3) is 0 Å². The predicted molar refractivity (Wildman–Crippen MR) is 76.0 cm³/mol. The van der Waals surface area contributed by atoms with E-state index in [1.807, 2.05) is 40.7 Å². The Bertz CT molecular complexity index is 526. The molecule has 0 N–H and O–H groups in total. The third-order valence-electron chi connectivity index (χ3n) is 3.90. The summed E-state index contributed by atoms with van der Waals surface area (Å²) in [6, 6.07) is 3.51. The molecule has 2 rings (SSSR count). The SMILES string of the molecule is COC(=O)c1cc(B2OC(C)(C)C(C)(C)O2)cc(C)n1. The fourth-order valence-corrected chi connectivity index (χ4v) is 2.02. The van der Waals surface area contributed by atoms with Crippen LogP contribution in [0, 0.1) is 6.92 Å².